The Morgan fingerprint density at radius 2 is 2.24 bits per heavy atom. The molecule has 6 nitrogen and oxygen atoms in total. The van der Waals surface area contributed by atoms with Gasteiger partial charge in [-0.05, 0) is 6.92 Å². The van der Waals surface area contributed by atoms with Crippen LogP contribution in [0.3, 0.4) is 0 Å². The normalized spacial score (nSPS) is 12.4. The molecule has 0 aliphatic heterocycles. The Morgan fingerprint density at radius 3 is 2.94 bits per heavy atom. The van der Waals surface area contributed by atoms with Gasteiger partial charge in [0.15, 0.2) is 6.10 Å². The van der Waals surface area contributed by atoms with Gasteiger partial charge < -0.3 is 14.4 Å². The Morgan fingerprint density at radius 1 is 1.41 bits per heavy atom. The molecule has 0 saturated heterocycles. The summed E-state index contributed by atoms with van der Waals surface area (Å²) in [4.78, 5) is 12.0. The fourth-order valence-electron chi connectivity index (χ4n) is 1.58. The topological polar surface area (TPSA) is 73.1 Å². The molecule has 17 heavy (non-hydrogen) atoms. The first-order chi connectivity index (χ1) is 8.26. The van der Waals surface area contributed by atoms with Crippen LogP contribution in [0.4, 0.5) is 0 Å². The number of hydrogen-bond donors (Lipinski definition) is 1. The number of rotatable bonds is 4. The van der Waals surface area contributed by atoms with Crippen molar-refractivity contribution in [2.24, 2.45) is 0 Å². The molecular formula is C11H14N4O2. The molecule has 0 amide bonds. The van der Waals surface area contributed by atoms with Crippen LogP contribution in [0.15, 0.2) is 24.8 Å². The summed E-state index contributed by atoms with van der Waals surface area (Å²) in [6, 6.07) is 1.60. The number of aliphatic hydroxyl groups excluding tert-OH is 1. The predicted octanol–water partition coefficient (Wildman–Crippen LogP) is 0.783. The molecule has 0 aliphatic carbocycles. The molecule has 2 rings (SSSR count). The van der Waals surface area contributed by atoms with E-state index in [9.17, 15) is 5.11 Å². The van der Waals surface area contributed by atoms with E-state index in [0.717, 1.165) is 6.54 Å². The predicted molar refractivity (Wildman–Crippen MR) is 60.5 cm³/mol. The van der Waals surface area contributed by atoms with Crippen molar-refractivity contribution in [3.8, 4) is 5.88 Å². The number of imidazole rings is 1. The first-order valence-corrected chi connectivity index (χ1v) is 5.31. The van der Waals surface area contributed by atoms with E-state index in [0.29, 0.717) is 17.4 Å². The highest BCUT2D eigenvalue weighted by Gasteiger charge is 2.17. The van der Waals surface area contributed by atoms with E-state index in [1.807, 2.05) is 17.7 Å². The van der Waals surface area contributed by atoms with E-state index >= 15 is 0 Å². The zero-order valence-electron chi connectivity index (χ0n) is 9.74. The van der Waals surface area contributed by atoms with Crippen molar-refractivity contribution in [3.63, 3.8) is 0 Å². The van der Waals surface area contributed by atoms with Gasteiger partial charge in [0.1, 0.15) is 12.2 Å². The van der Waals surface area contributed by atoms with Gasteiger partial charge in [0.25, 0.3) is 0 Å². The summed E-state index contributed by atoms with van der Waals surface area (Å²) in [6.07, 6.45) is 3.95. The second kappa shape index (κ2) is 4.92. The van der Waals surface area contributed by atoms with Crippen LogP contribution in [0.2, 0.25) is 0 Å². The summed E-state index contributed by atoms with van der Waals surface area (Å²) >= 11 is 0. The minimum atomic E-state index is -0.873. The zero-order chi connectivity index (χ0) is 12.3. The van der Waals surface area contributed by atoms with E-state index in [2.05, 4.69) is 15.0 Å². The third-order valence-electron chi connectivity index (χ3n) is 2.49. The smallest absolute Gasteiger partial charge is 0.216 e. The second-order valence-electron chi connectivity index (χ2n) is 3.46. The lowest BCUT2D eigenvalue weighted by molar-refractivity contribution is 0.199. The summed E-state index contributed by atoms with van der Waals surface area (Å²) < 4.78 is 6.85. The van der Waals surface area contributed by atoms with Crippen molar-refractivity contribution in [1.82, 2.24) is 19.5 Å². The molecule has 0 bridgehead atoms. The third-order valence-corrected chi connectivity index (χ3v) is 2.49. The van der Waals surface area contributed by atoms with E-state index < -0.39 is 6.10 Å². The molecule has 2 heterocycles. The van der Waals surface area contributed by atoms with Gasteiger partial charge >= 0.3 is 0 Å². The van der Waals surface area contributed by atoms with Crippen molar-refractivity contribution >= 4 is 0 Å². The molecule has 0 radical (unpaired) electrons. The number of methoxy groups -OCH3 is 1. The highest BCUT2D eigenvalue weighted by atomic mass is 16.5. The molecule has 1 atom stereocenters. The zero-order valence-corrected chi connectivity index (χ0v) is 9.74. The summed E-state index contributed by atoms with van der Waals surface area (Å²) in [7, 11) is 1.52. The number of hydrogen-bond acceptors (Lipinski definition) is 5. The van der Waals surface area contributed by atoms with Crippen LogP contribution < -0.4 is 4.74 Å². The van der Waals surface area contributed by atoms with Crippen LogP contribution >= 0.6 is 0 Å². The third kappa shape index (κ3) is 2.26. The Balaban J connectivity index is 2.33. The Bertz CT molecular complexity index is 498. The molecule has 6 heteroatoms. The molecule has 2 aromatic rings. The first kappa shape index (κ1) is 11.5. The summed E-state index contributed by atoms with van der Waals surface area (Å²) in [5, 5.41) is 10.2. The Labute approximate surface area is 98.9 Å². The monoisotopic (exact) mass is 234 g/mol. The molecule has 0 saturated carbocycles. The van der Waals surface area contributed by atoms with E-state index in [1.54, 1.807) is 12.3 Å². The van der Waals surface area contributed by atoms with Gasteiger partial charge in [-0.1, -0.05) is 0 Å². The SMILES string of the molecule is CCn1ccnc1C(O)c1cc(OC)ncn1. The van der Waals surface area contributed by atoms with Gasteiger partial charge in [-0.25, -0.2) is 15.0 Å². The van der Waals surface area contributed by atoms with Crippen molar-refractivity contribution in [1.29, 1.82) is 0 Å². The lowest BCUT2D eigenvalue weighted by atomic mass is 10.2. The van der Waals surface area contributed by atoms with Gasteiger partial charge in [-0.3, -0.25) is 0 Å². The average molecular weight is 234 g/mol. The highest BCUT2D eigenvalue weighted by Crippen LogP contribution is 2.20. The first-order valence-electron chi connectivity index (χ1n) is 5.31. The molecule has 0 aromatic carbocycles. The maximum Gasteiger partial charge on any atom is 0.216 e. The quantitative estimate of drug-likeness (QED) is 0.846. The molecule has 0 fully saturated rings. The molecule has 90 valence electrons. The maximum absolute atomic E-state index is 10.2. The largest absolute Gasteiger partial charge is 0.481 e. The molecule has 1 unspecified atom stereocenters. The minimum absolute atomic E-state index is 0.420. The number of aromatic nitrogens is 4. The number of ether oxygens (including phenoxy) is 1. The lowest BCUT2D eigenvalue weighted by Gasteiger charge is -2.11. The van der Waals surface area contributed by atoms with Gasteiger partial charge in [0.2, 0.25) is 5.88 Å². The molecule has 2 aromatic heterocycles. The van der Waals surface area contributed by atoms with Gasteiger partial charge in [-0.2, -0.15) is 0 Å². The van der Waals surface area contributed by atoms with Crippen LogP contribution in [-0.4, -0.2) is 31.7 Å². The van der Waals surface area contributed by atoms with Gasteiger partial charge in [-0.15, -0.1) is 0 Å². The van der Waals surface area contributed by atoms with Crippen molar-refractivity contribution in [2.75, 3.05) is 7.11 Å². The van der Waals surface area contributed by atoms with Crippen LogP contribution in [-0.2, 0) is 6.54 Å². The Hall–Kier alpha value is -1.95. The van der Waals surface area contributed by atoms with Gasteiger partial charge in [0.05, 0.1) is 12.8 Å². The molecular weight excluding hydrogens is 220 g/mol. The minimum Gasteiger partial charge on any atom is -0.481 e. The number of aliphatic hydroxyl groups is 1. The highest BCUT2D eigenvalue weighted by molar-refractivity contribution is 5.20. The summed E-state index contributed by atoms with van der Waals surface area (Å²) in [5.41, 5.74) is 0.470. The van der Waals surface area contributed by atoms with Crippen LogP contribution in [0, 0.1) is 0 Å². The van der Waals surface area contributed by atoms with Crippen LogP contribution in [0.1, 0.15) is 24.5 Å². The average Bonchev–Trinajstić information content (AvgIpc) is 2.86. The van der Waals surface area contributed by atoms with E-state index in [4.69, 9.17) is 4.74 Å². The van der Waals surface area contributed by atoms with E-state index in [1.165, 1.54) is 13.4 Å². The standard InChI is InChI=1S/C11H14N4O2/c1-3-15-5-4-12-11(15)10(16)8-6-9(17-2)14-7-13-8/h4-7,10,16H,3H2,1-2H3. The molecule has 1 N–H and O–H groups in total. The summed E-state index contributed by atoms with van der Waals surface area (Å²) in [5.74, 6) is 0.983. The number of nitrogens with zero attached hydrogens (tertiary/aromatic N) is 4. The maximum atomic E-state index is 10.2. The second-order valence-corrected chi connectivity index (χ2v) is 3.46. The van der Waals surface area contributed by atoms with Crippen molar-refractivity contribution < 1.29 is 9.84 Å². The lowest BCUT2D eigenvalue weighted by Crippen LogP contribution is -2.10. The molecule has 0 aliphatic rings. The number of aryl methyl sites for hydroxylation is 1. The van der Waals surface area contributed by atoms with Gasteiger partial charge in [0, 0.05) is 25.0 Å². The fourth-order valence-corrected chi connectivity index (χ4v) is 1.58. The fraction of sp³-hybridized carbons (Fsp3) is 0.364. The van der Waals surface area contributed by atoms with Crippen LogP contribution in [0.25, 0.3) is 0 Å². The van der Waals surface area contributed by atoms with Crippen molar-refractivity contribution in [3.05, 3.63) is 36.3 Å². The van der Waals surface area contributed by atoms with E-state index in [-0.39, 0.29) is 0 Å². The molecule has 0 spiro atoms. The van der Waals surface area contributed by atoms with Crippen molar-refractivity contribution in [2.45, 2.75) is 19.6 Å². The Kier molecular flexibility index (Phi) is 3.34. The summed E-state index contributed by atoms with van der Waals surface area (Å²) in [6.45, 7) is 2.73. The van der Waals surface area contributed by atoms with Crippen LogP contribution in [0.5, 0.6) is 5.88 Å².